The Kier molecular flexibility index (Phi) is 1.56. The van der Waals surface area contributed by atoms with Crippen molar-refractivity contribution in [3.8, 4) is 0 Å². The van der Waals surface area contributed by atoms with E-state index in [1.807, 2.05) is 0 Å². The largest absolute Gasteiger partial charge is 0.305 e. The molecule has 0 atom stereocenters. The molecule has 0 aromatic rings. The molecule has 0 amide bonds. The highest BCUT2D eigenvalue weighted by atomic mass is 32.2. The molecule has 1 heterocycles. The zero-order valence-electron chi connectivity index (χ0n) is 7.16. The Hall–Kier alpha value is -0.130. The first-order chi connectivity index (χ1) is 5.41. The van der Waals surface area contributed by atoms with E-state index in [4.69, 9.17) is 5.14 Å². The highest BCUT2D eigenvalue weighted by molar-refractivity contribution is 7.89. The molecular weight excluding hydrogens is 176 g/mol. The van der Waals surface area contributed by atoms with Crippen molar-refractivity contribution in [2.45, 2.75) is 18.1 Å². The summed E-state index contributed by atoms with van der Waals surface area (Å²) in [5, 5.41) is 4.78. The first-order valence-electron chi connectivity index (χ1n) is 4.12. The SMILES string of the molecule is CN1CC2(CC(S(N)(=O)=O)C2)C1. The molecule has 5 heteroatoms. The maximum atomic E-state index is 10.9. The summed E-state index contributed by atoms with van der Waals surface area (Å²) in [6.45, 7) is 2.08. The van der Waals surface area contributed by atoms with Gasteiger partial charge in [0.25, 0.3) is 0 Å². The van der Waals surface area contributed by atoms with Crippen molar-refractivity contribution in [3.05, 3.63) is 0 Å². The summed E-state index contributed by atoms with van der Waals surface area (Å²) in [4.78, 5) is 2.21. The minimum Gasteiger partial charge on any atom is -0.305 e. The fraction of sp³-hybridized carbons (Fsp3) is 1.00. The third kappa shape index (κ3) is 1.16. The number of sulfonamides is 1. The van der Waals surface area contributed by atoms with Crippen LogP contribution in [0.15, 0.2) is 0 Å². The second-order valence-electron chi connectivity index (χ2n) is 4.29. The Morgan fingerprint density at radius 1 is 1.42 bits per heavy atom. The topological polar surface area (TPSA) is 63.4 Å². The Morgan fingerprint density at radius 3 is 2.25 bits per heavy atom. The van der Waals surface area contributed by atoms with Gasteiger partial charge < -0.3 is 4.90 Å². The average molecular weight is 190 g/mol. The maximum absolute atomic E-state index is 10.9. The van der Waals surface area contributed by atoms with E-state index in [0.717, 1.165) is 25.9 Å². The van der Waals surface area contributed by atoms with Gasteiger partial charge in [-0.15, -0.1) is 0 Å². The summed E-state index contributed by atoms with van der Waals surface area (Å²) in [5.74, 6) is 0. The van der Waals surface area contributed by atoms with Gasteiger partial charge in [0.2, 0.25) is 10.0 Å². The van der Waals surface area contributed by atoms with Crippen molar-refractivity contribution in [1.29, 1.82) is 0 Å². The fourth-order valence-electron chi connectivity index (χ4n) is 2.50. The van der Waals surface area contributed by atoms with Crippen molar-refractivity contribution < 1.29 is 8.42 Å². The second kappa shape index (κ2) is 2.21. The fourth-order valence-corrected chi connectivity index (χ4v) is 3.67. The number of nitrogens with zero attached hydrogens (tertiary/aromatic N) is 1. The van der Waals surface area contributed by atoms with Gasteiger partial charge in [-0.05, 0) is 25.3 Å². The first kappa shape index (κ1) is 8.47. The van der Waals surface area contributed by atoms with Gasteiger partial charge in [0.05, 0.1) is 5.25 Å². The molecule has 1 saturated heterocycles. The first-order valence-corrected chi connectivity index (χ1v) is 5.72. The third-order valence-corrected chi connectivity index (χ3v) is 4.26. The minimum absolute atomic E-state index is 0.258. The van der Waals surface area contributed by atoms with Gasteiger partial charge >= 0.3 is 0 Å². The van der Waals surface area contributed by atoms with Crippen LogP contribution in [0.3, 0.4) is 0 Å². The Bertz CT molecular complexity index is 285. The number of primary sulfonamides is 1. The zero-order chi connectivity index (χ0) is 8.98. The van der Waals surface area contributed by atoms with Gasteiger partial charge in [-0.1, -0.05) is 0 Å². The van der Waals surface area contributed by atoms with Crippen LogP contribution in [0.5, 0.6) is 0 Å². The standard InChI is InChI=1S/C7H14N2O2S/c1-9-4-7(5-9)2-6(3-7)12(8,10)11/h6H,2-5H2,1H3,(H2,8,10,11). The lowest BCUT2D eigenvalue weighted by molar-refractivity contribution is -0.0408. The molecule has 4 nitrogen and oxygen atoms in total. The molecule has 1 spiro atoms. The summed E-state index contributed by atoms with van der Waals surface area (Å²) in [5.41, 5.74) is 0.311. The van der Waals surface area contributed by atoms with Crippen LogP contribution < -0.4 is 5.14 Å². The predicted molar refractivity (Wildman–Crippen MR) is 46.1 cm³/mol. The summed E-state index contributed by atoms with van der Waals surface area (Å²) in [6, 6.07) is 0. The number of nitrogens with two attached hydrogens (primary N) is 1. The average Bonchev–Trinajstić information content (AvgIpc) is 1.71. The van der Waals surface area contributed by atoms with Crippen LogP contribution >= 0.6 is 0 Å². The molecule has 0 radical (unpaired) electrons. The normalized spacial score (nSPS) is 29.8. The molecule has 1 saturated carbocycles. The molecule has 0 aromatic heterocycles. The Balaban J connectivity index is 1.93. The van der Waals surface area contributed by atoms with Crippen LogP contribution in [0.1, 0.15) is 12.8 Å². The minimum atomic E-state index is -3.25. The molecule has 2 N–H and O–H groups in total. The number of hydrogen-bond acceptors (Lipinski definition) is 3. The van der Waals surface area contributed by atoms with E-state index in [2.05, 4.69) is 11.9 Å². The van der Waals surface area contributed by atoms with E-state index >= 15 is 0 Å². The van der Waals surface area contributed by atoms with Gasteiger partial charge in [0, 0.05) is 13.1 Å². The zero-order valence-corrected chi connectivity index (χ0v) is 7.97. The van der Waals surface area contributed by atoms with Gasteiger partial charge in [-0.25, -0.2) is 13.6 Å². The number of hydrogen-bond donors (Lipinski definition) is 1. The monoisotopic (exact) mass is 190 g/mol. The molecule has 0 bridgehead atoms. The molecular formula is C7H14N2O2S. The lowest BCUT2D eigenvalue weighted by atomic mass is 9.63. The van der Waals surface area contributed by atoms with Crippen LogP contribution in [0, 0.1) is 5.41 Å². The third-order valence-electron chi connectivity index (χ3n) is 3.00. The van der Waals surface area contributed by atoms with Gasteiger partial charge in [0.1, 0.15) is 0 Å². The van der Waals surface area contributed by atoms with E-state index < -0.39 is 10.0 Å². The maximum Gasteiger partial charge on any atom is 0.212 e. The molecule has 12 heavy (non-hydrogen) atoms. The van der Waals surface area contributed by atoms with Gasteiger partial charge in [-0.2, -0.15) is 0 Å². The molecule has 0 aromatic carbocycles. The molecule has 2 rings (SSSR count). The second-order valence-corrected chi connectivity index (χ2v) is 6.14. The molecule has 2 fully saturated rings. The summed E-state index contributed by atoms with van der Waals surface area (Å²) < 4.78 is 21.8. The highest BCUT2D eigenvalue weighted by Crippen LogP contribution is 2.49. The highest BCUT2D eigenvalue weighted by Gasteiger charge is 2.54. The van der Waals surface area contributed by atoms with Crippen LogP contribution in [0.2, 0.25) is 0 Å². The van der Waals surface area contributed by atoms with Crippen LogP contribution in [-0.4, -0.2) is 38.7 Å². The van der Waals surface area contributed by atoms with Gasteiger partial charge in [-0.3, -0.25) is 0 Å². The quantitative estimate of drug-likeness (QED) is 0.598. The molecule has 70 valence electrons. The number of rotatable bonds is 1. The summed E-state index contributed by atoms with van der Waals surface area (Å²) >= 11 is 0. The predicted octanol–water partition coefficient (Wildman–Crippen LogP) is -0.631. The van der Waals surface area contributed by atoms with Crippen molar-refractivity contribution in [3.63, 3.8) is 0 Å². The number of likely N-dealkylation sites (tertiary alicyclic amines) is 1. The lowest BCUT2D eigenvalue weighted by Crippen LogP contribution is -2.64. The van der Waals surface area contributed by atoms with E-state index in [-0.39, 0.29) is 5.25 Å². The molecule has 2 aliphatic rings. The molecule has 1 aliphatic carbocycles. The Labute approximate surface area is 72.8 Å². The van der Waals surface area contributed by atoms with Crippen molar-refractivity contribution in [2.24, 2.45) is 10.6 Å². The van der Waals surface area contributed by atoms with Gasteiger partial charge in [0.15, 0.2) is 0 Å². The van der Waals surface area contributed by atoms with E-state index in [1.165, 1.54) is 0 Å². The van der Waals surface area contributed by atoms with Crippen molar-refractivity contribution >= 4 is 10.0 Å². The van der Waals surface area contributed by atoms with Crippen molar-refractivity contribution in [2.75, 3.05) is 20.1 Å². The summed E-state index contributed by atoms with van der Waals surface area (Å²) in [6.07, 6.45) is 1.55. The molecule has 1 aliphatic heterocycles. The van der Waals surface area contributed by atoms with Crippen molar-refractivity contribution in [1.82, 2.24) is 4.90 Å². The van der Waals surface area contributed by atoms with E-state index in [0.29, 0.717) is 5.41 Å². The van der Waals surface area contributed by atoms with E-state index in [1.54, 1.807) is 0 Å². The van der Waals surface area contributed by atoms with Crippen LogP contribution in [0.4, 0.5) is 0 Å². The Morgan fingerprint density at radius 2 is 1.92 bits per heavy atom. The summed E-state index contributed by atoms with van der Waals surface area (Å²) in [7, 11) is -1.20. The van der Waals surface area contributed by atoms with Crippen LogP contribution in [-0.2, 0) is 10.0 Å². The molecule has 0 unspecified atom stereocenters. The van der Waals surface area contributed by atoms with E-state index in [9.17, 15) is 8.42 Å². The smallest absolute Gasteiger partial charge is 0.212 e. The van der Waals surface area contributed by atoms with Crippen LogP contribution in [0.25, 0.3) is 0 Å². The lowest BCUT2D eigenvalue weighted by Gasteiger charge is -2.57.